The Bertz CT molecular complexity index is 1540. The van der Waals surface area contributed by atoms with Gasteiger partial charge < -0.3 is 20.1 Å². The minimum Gasteiger partial charge on any atom is -0.467 e. The monoisotopic (exact) mass is 493 g/mol. The Morgan fingerprint density at radius 2 is 2.06 bits per heavy atom. The molecule has 0 saturated carbocycles. The molecule has 2 aromatic heterocycles. The number of pyridine rings is 1. The predicted octanol–water partition coefficient (Wildman–Crippen LogP) is 4.46. The SMILES string of the molecule is C#Cc1c(F)ccc2cc(N)cc(-c3ncc4c(N5CCOCC(C)C5F)nc(OC)nc4c3F)c12. The zero-order valence-corrected chi connectivity index (χ0v) is 19.6. The maximum atomic E-state index is 16.1. The van der Waals surface area contributed by atoms with E-state index < -0.39 is 23.8 Å². The molecular formula is C26H22F3N5O2. The summed E-state index contributed by atoms with van der Waals surface area (Å²) in [5, 5.41) is 1.01. The van der Waals surface area contributed by atoms with Gasteiger partial charge in [0.25, 0.3) is 0 Å². The van der Waals surface area contributed by atoms with Gasteiger partial charge >= 0.3 is 6.01 Å². The summed E-state index contributed by atoms with van der Waals surface area (Å²) in [4.78, 5) is 14.2. The lowest BCUT2D eigenvalue weighted by molar-refractivity contribution is 0.105. The molecule has 2 aromatic carbocycles. The van der Waals surface area contributed by atoms with E-state index in [0.29, 0.717) is 16.5 Å². The molecular weight excluding hydrogens is 471 g/mol. The molecule has 36 heavy (non-hydrogen) atoms. The second-order valence-electron chi connectivity index (χ2n) is 8.57. The zero-order chi connectivity index (χ0) is 25.6. The molecule has 1 aliphatic heterocycles. The van der Waals surface area contributed by atoms with Gasteiger partial charge in [0.15, 0.2) is 12.1 Å². The quantitative estimate of drug-likeness (QED) is 0.256. The summed E-state index contributed by atoms with van der Waals surface area (Å²) in [6, 6.07) is 5.69. The third-order valence-electron chi connectivity index (χ3n) is 6.21. The molecule has 10 heteroatoms. The second kappa shape index (κ2) is 9.17. The van der Waals surface area contributed by atoms with Gasteiger partial charge in [-0.1, -0.05) is 18.9 Å². The number of fused-ring (bicyclic) bond motifs is 2. The molecule has 0 spiro atoms. The number of rotatable bonds is 3. The highest BCUT2D eigenvalue weighted by atomic mass is 19.1. The molecule has 0 bridgehead atoms. The number of alkyl halides is 1. The largest absolute Gasteiger partial charge is 0.467 e. The number of ether oxygens (including phenoxy) is 2. The molecule has 2 atom stereocenters. The normalized spacial score (nSPS) is 18.3. The van der Waals surface area contributed by atoms with Crippen LogP contribution in [0.15, 0.2) is 30.5 Å². The van der Waals surface area contributed by atoms with Crippen molar-refractivity contribution in [3.05, 3.63) is 47.7 Å². The summed E-state index contributed by atoms with van der Waals surface area (Å²) >= 11 is 0. The molecule has 0 aliphatic carbocycles. The number of nitrogen functional groups attached to an aromatic ring is 1. The first-order chi connectivity index (χ1) is 17.3. The van der Waals surface area contributed by atoms with Gasteiger partial charge in [-0.3, -0.25) is 4.98 Å². The van der Waals surface area contributed by atoms with Crippen molar-refractivity contribution in [1.82, 2.24) is 15.0 Å². The van der Waals surface area contributed by atoms with Crippen LogP contribution in [0.1, 0.15) is 12.5 Å². The molecule has 5 rings (SSSR count). The van der Waals surface area contributed by atoms with Crippen molar-refractivity contribution < 1.29 is 22.6 Å². The first-order valence-corrected chi connectivity index (χ1v) is 11.2. The fraction of sp³-hybridized carbons (Fsp3) is 0.269. The van der Waals surface area contributed by atoms with Crippen LogP contribution in [0, 0.1) is 29.9 Å². The third kappa shape index (κ3) is 3.82. The van der Waals surface area contributed by atoms with E-state index in [1.807, 2.05) is 0 Å². The Morgan fingerprint density at radius 3 is 2.81 bits per heavy atom. The van der Waals surface area contributed by atoms with Crippen LogP contribution in [-0.2, 0) is 4.74 Å². The fourth-order valence-corrected chi connectivity index (χ4v) is 4.48. The first kappa shape index (κ1) is 23.6. The van der Waals surface area contributed by atoms with E-state index in [1.165, 1.54) is 36.4 Å². The fourth-order valence-electron chi connectivity index (χ4n) is 4.48. The Hall–Kier alpha value is -4.10. The van der Waals surface area contributed by atoms with Crippen LogP contribution >= 0.6 is 0 Å². The first-order valence-electron chi connectivity index (χ1n) is 11.2. The number of nitrogens with zero attached hydrogens (tertiary/aromatic N) is 4. The van der Waals surface area contributed by atoms with Crippen molar-refractivity contribution in [2.24, 2.45) is 5.92 Å². The molecule has 4 aromatic rings. The minimum absolute atomic E-state index is 0.0384. The smallest absolute Gasteiger partial charge is 0.318 e. The minimum atomic E-state index is -1.43. The highest BCUT2D eigenvalue weighted by molar-refractivity contribution is 6.03. The molecule has 1 fully saturated rings. The topological polar surface area (TPSA) is 86.4 Å². The van der Waals surface area contributed by atoms with Crippen molar-refractivity contribution in [3.63, 3.8) is 0 Å². The van der Waals surface area contributed by atoms with E-state index >= 15 is 8.78 Å². The van der Waals surface area contributed by atoms with Crippen LogP contribution in [-0.4, -0.2) is 48.1 Å². The molecule has 1 saturated heterocycles. The molecule has 0 amide bonds. The lowest BCUT2D eigenvalue weighted by Crippen LogP contribution is -2.37. The van der Waals surface area contributed by atoms with Gasteiger partial charge in [0.2, 0.25) is 0 Å². The van der Waals surface area contributed by atoms with Crippen molar-refractivity contribution in [1.29, 1.82) is 0 Å². The number of halogens is 3. The summed E-state index contributed by atoms with van der Waals surface area (Å²) in [6.07, 6.45) is 5.51. The molecule has 2 N–H and O–H groups in total. The number of nitrogens with two attached hydrogens (primary N) is 1. The van der Waals surface area contributed by atoms with Gasteiger partial charge in [-0.2, -0.15) is 9.97 Å². The molecule has 3 heterocycles. The molecule has 1 aliphatic rings. The van der Waals surface area contributed by atoms with Crippen LogP contribution < -0.4 is 15.4 Å². The van der Waals surface area contributed by atoms with Crippen molar-refractivity contribution >= 4 is 33.2 Å². The van der Waals surface area contributed by atoms with Gasteiger partial charge in [0.1, 0.15) is 22.8 Å². The summed E-state index contributed by atoms with van der Waals surface area (Å²) in [7, 11) is 1.33. The van der Waals surface area contributed by atoms with Gasteiger partial charge in [-0.05, 0) is 23.6 Å². The van der Waals surface area contributed by atoms with Gasteiger partial charge in [0, 0.05) is 35.3 Å². The van der Waals surface area contributed by atoms with E-state index in [-0.39, 0.29) is 59.3 Å². The Labute approximate surface area is 205 Å². The third-order valence-corrected chi connectivity index (χ3v) is 6.21. The average molecular weight is 493 g/mol. The highest BCUT2D eigenvalue weighted by Crippen LogP contribution is 2.38. The summed E-state index contributed by atoms with van der Waals surface area (Å²) in [6.45, 7) is 2.41. The van der Waals surface area contributed by atoms with E-state index in [2.05, 4.69) is 20.9 Å². The number of methoxy groups -OCH3 is 1. The zero-order valence-electron chi connectivity index (χ0n) is 19.6. The Morgan fingerprint density at radius 1 is 1.25 bits per heavy atom. The van der Waals surface area contributed by atoms with Crippen LogP contribution in [0.5, 0.6) is 6.01 Å². The summed E-state index contributed by atoms with van der Waals surface area (Å²) in [5.74, 6) is 0.562. The summed E-state index contributed by atoms with van der Waals surface area (Å²) < 4.78 is 56.7. The van der Waals surface area contributed by atoms with Crippen LogP contribution in [0.25, 0.3) is 32.9 Å². The van der Waals surface area contributed by atoms with Crippen LogP contribution in [0.3, 0.4) is 0 Å². The lowest BCUT2D eigenvalue weighted by atomic mass is 9.95. The standard InChI is InChI=1S/C26H22F3N5O2/c1-4-16-19(27)6-5-14-9-15(30)10-17(20(14)16)22-21(28)23-18(11-31-22)25(33-26(32-23)35-3)34-7-8-36-12-13(2)24(34)29/h1,5-6,9-11,13,24H,7-8,12,30H2,2-3H3. The Balaban J connectivity index is 1.79. The number of hydrogen-bond acceptors (Lipinski definition) is 7. The van der Waals surface area contributed by atoms with Gasteiger partial charge in [-0.15, -0.1) is 6.42 Å². The molecule has 184 valence electrons. The average Bonchev–Trinajstić information content (AvgIpc) is 3.04. The van der Waals surface area contributed by atoms with E-state index in [9.17, 15) is 4.39 Å². The Kier molecular flexibility index (Phi) is 6.02. The molecule has 2 unspecified atom stereocenters. The number of anilines is 2. The summed E-state index contributed by atoms with van der Waals surface area (Å²) in [5.41, 5.74) is 6.26. The van der Waals surface area contributed by atoms with E-state index in [4.69, 9.17) is 21.6 Å². The van der Waals surface area contributed by atoms with E-state index in [1.54, 1.807) is 13.0 Å². The van der Waals surface area contributed by atoms with Crippen LogP contribution in [0.2, 0.25) is 0 Å². The second-order valence-corrected chi connectivity index (χ2v) is 8.57. The number of aromatic nitrogens is 3. The maximum Gasteiger partial charge on any atom is 0.318 e. The van der Waals surface area contributed by atoms with Crippen molar-refractivity contribution in [2.75, 3.05) is 37.5 Å². The maximum absolute atomic E-state index is 16.1. The van der Waals surface area contributed by atoms with Crippen molar-refractivity contribution in [3.8, 4) is 29.6 Å². The van der Waals surface area contributed by atoms with Gasteiger partial charge in [0.05, 0.1) is 31.3 Å². The number of terminal acetylenes is 1. The van der Waals surface area contributed by atoms with E-state index in [0.717, 1.165) is 0 Å². The van der Waals surface area contributed by atoms with Gasteiger partial charge in [-0.25, -0.2) is 13.2 Å². The molecule has 0 radical (unpaired) electrons. The molecule has 7 nitrogen and oxygen atoms in total. The van der Waals surface area contributed by atoms with Crippen molar-refractivity contribution in [2.45, 2.75) is 13.2 Å². The number of benzene rings is 2. The predicted molar refractivity (Wildman–Crippen MR) is 131 cm³/mol. The number of hydrogen-bond donors (Lipinski definition) is 1. The highest BCUT2D eigenvalue weighted by Gasteiger charge is 2.31. The van der Waals surface area contributed by atoms with Crippen LogP contribution in [0.4, 0.5) is 24.7 Å². The lowest BCUT2D eigenvalue weighted by Gasteiger charge is -2.28.